The lowest BCUT2D eigenvalue weighted by atomic mass is 9.96. The molecule has 0 aliphatic carbocycles. The second-order valence-electron chi connectivity index (χ2n) is 10.3. The summed E-state index contributed by atoms with van der Waals surface area (Å²) in [5, 5.41) is 40.7. The smallest absolute Gasteiger partial charge is 0.303 e. The van der Waals surface area contributed by atoms with Crippen molar-refractivity contribution in [1.82, 2.24) is 0 Å². The Balaban J connectivity index is 0.000000632. The topological polar surface area (TPSA) is 115 Å². The van der Waals surface area contributed by atoms with E-state index >= 15 is 0 Å². The number of carboxylic acid groups (broad SMARTS) is 2. The van der Waals surface area contributed by atoms with Gasteiger partial charge in [-0.25, -0.2) is 0 Å². The number of hydrogen-bond donors (Lipinski definition) is 4. The van der Waals surface area contributed by atoms with E-state index in [0.29, 0.717) is 36.2 Å². The van der Waals surface area contributed by atoms with E-state index in [-0.39, 0.29) is 12.8 Å². The Labute approximate surface area is 238 Å². The molecule has 4 N–H and O–H groups in total. The summed E-state index contributed by atoms with van der Waals surface area (Å²) in [7, 11) is 0. The summed E-state index contributed by atoms with van der Waals surface area (Å²) in [4.78, 5) is 21.1. The predicted octanol–water partition coefficient (Wildman–Crippen LogP) is 7.84. The molecule has 0 bridgehead atoms. The molecule has 2 aromatic carbocycles. The summed E-state index contributed by atoms with van der Waals surface area (Å²) in [6.45, 7) is 19.0. The normalized spacial score (nSPS) is 10.3. The van der Waals surface area contributed by atoms with Crippen LogP contribution in [0.3, 0.4) is 0 Å². The zero-order chi connectivity index (χ0) is 30.1. The van der Waals surface area contributed by atoms with E-state index in [1.165, 1.54) is 11.8 Å². The molecule has 7 heteroatoms. The number of aliphatic carboxylic acids is 2. The highest BCUT2D eigenvalue weighted by molar-refractivity contribution is 8.04. The van der Waals surface area contributed by atoms with Crippen molar-refractivity contribution in [3.05, 3.63) is 81.6 Å². The van der Waals surface area contributed by atoms with Crippen LogP contribution in [0.2, 0.25) is 0 Å². The van der Waals surface area contributed by atoms with Gasteiger partial charge in [0.05, 0.1) is 0 Å². The van der Waals surface area contributed by atoms with E-state index in [1.54, 1.807) is 10.8 Å². The van der Waals surface area contributed by atoms with Gasteiger partial charge in [0.15, 0.2) is 0 Å². The zero-order valence-electron chi connectivity index (χ0n) is 24.3. The third kappa shape index (κ3) is 15.7. The van der Waals surface area contributed by atoms with Crippen LogP contribution in [-0.2, 0) is 35.3 Å². The fraction of sp³-hybridized carbons (Fsp3) is 0.438. The Morgan fingerprint density at radius 1 is 0.744 bits per heavy atom. The number of benzene rings is 2. The lowest BCUT2D eigenvalue weighted by molar-refractivity contribution is -0.138. The fourth-order valence-corrected chi connectivity index (χ4v) is 4.05. The van der Waals surface area contributed by atoms with Crippen LogP contribution in [0.4, 0.5) is 0 Å². The number of phenols is 2. The molecule has 2 aromatic rings. The van der Waals surface area contributed by atoms with Crippen molar-refractivity contribution < 1.29 is 30.0 Å². The van der Waals surface area contributed by atoms with Gasteiger partial charge in [0.25, 0.3) is 0 Å². The quantitative estimate of drug-likeness (QED) is 0.210. The van der Waals surface area contributed by atoms with Crippen molar-refractivity contribution >= 4 is 23.7 Å². The maximum atomic E-state index is 10.5. The first-order valence-corrected chi connectivity index (χ1v) is 14.1. The zero-order valence-corrected chi connectivity index (χ0v) is 25.1. The number of hydrogen-bond acceptors (Lipinski definition) is 5. The Bertz CT molecular complexity index is 1000. The van der Waals surface area contributed by atoms with Crippen LogP contribution in [0.25, 0.3) is 0 Å². The molecule has 0 unspecified atom stereocenters. The summed E-state index contributed by atoms with van der Waals surface area (Å²) < 4.78 is 0. The van der Waals surface area contributed by atoms with E-state index in [1.807, 2.05) is 38.1 Å². The molecule has 0 heterocycles. The Morgan fingerprint density at radius 2 is 1.08 bits per heavy atom. The number of rotatable bonds is 12. The second kappa shape index (κ2) is 19.0. The van der Waals surface area contributed by atoms with E-state index < -0.39 is 11.9 Å². The third-order valence-corrected chi connectivity index (χ3v) is 5.97. The number of aromatic hydroxyl groups is 2. The van der Waals surface area contributed by atoms with E-state index in [4.69, 9.17) is 10.2 Å². The fourth-order valence-electron chi connectivity index (χ4n) is 3.92. The molecule has 0 fully saturated rings. The maximum absolute atomic E-state index is 10.5. The van der Waals surface area contributed by atoms with Gasteiger partial charge < -0.3 is 20.4 Å². The Hall–Kier alpha value is -3.19. The largest absolute Gasteiger partial charge is 0.507 e. The molecule has 0 aromatic heterocycles. The molecule has 0 saturated heterocycles. The molecule has 0 radical (unpaired) electrons. The number of carboxylic acids is 2. The van der Waals surface area contributed by atoms with Crippen LogP contribution in [0.15, 0.2) is 48.2 Å². The highest BCUT2D eigenvalue weighted by Crippen LogP contribution is 2.28. The first-order chi connectivity index (χ1) is 18.2. The van der Waals surface area contributed by atoms with E-state index in [9.17, 15) is 19.8 Å². The molecular weight excluding hydrogens is 512 g/mol. The molecule has 0 saturated carbocycles. The van der Waals surface area contributed by atoms with Gasteiger partial charge in [0.2, 0.25) is 0 Å². The summed E-state index contributed by atoms with van der Waals surface area (Å²) in [6, 6.07) is 7.57. The Morgan fingerprint density at radius 3 is 1.31 bits per heavy atom. The molecular formula is C32H46O6S. The molecule has 0 aliphatic heterocycles. The molecule has 2 rings (SSSR count). The lowest BCUT2D eigenvalue weighted by Gasteiger charge is -2.12. The minimum atomic E-state index is -0.791. The monoisotopic (exact) mass is 558 g/mol. The SMILES string of the molecule is C=CSC=C.Cc1cc(CCC(=O)O)cc(CC(C)C)c1O.Cc1cc(CCC(=O)O)cc(CC(C)C)c1O. The Kier molecular flexibility index (Phi) is 17.4. The molecule has 0 aliphatic rings. The first-order valence-electron chi connectivity index (χ1n) is 13.1. The average Bonchev–Trinajstić information content (AvgIpc) is 2.83. The summed E-state index contributed by atoms with van der Waals surface area (Å²) in [5.74, 6) is 0.0443. The van der Waals surface area contributed by atoms with Gasteiger partial charge in [0, 0.05) is 12.8 Å². The predicted molar refractivity (Wildman–Crippen MR) is 163 cm³/mol. The van der Waals surface area contributed by atoms with Crippen LogP contribution in [0, 0.1) is 25.7 Å². The second-order valence-corrected chi connectivity index (χ2v) is 11.2. The van der Waals surface area contributed by atoms with E-state index in [0.717, 1.165) is 46.2 Å². The number of thioether (sulfide) groups is 1. The molecule has 0 spiro atoms. The third-order valence-electron chi connectivity index (χ3n) is 5.58. The summed E-state index contributed by atoms with van der Waals surface area (Å²) >= 11 is 1.49. The molecule has 216 valence electrons. The highest BCUT2D eigenvalue weighted by Gasteiger charge is 2.11. The maximum Gasteiger partial charge on any atom is 0.303 e. The van der Waals surface area contributed by atoms with Gasteiger partial charge in [-0.2, -0.15) is 0 Å². The minimum Gasteiger partial charge on any atom is -0.507 e. The molecule has 0 amide bonds. The van der Waals surface area contributed by atoms with Gasteiger partial charge in [-0.15, -0.1) is 11.8 Å². The van der Waals surface area contributed by atoms with Crippen LogP contribution < -0.4 is 0 Å². The average molecular weight is 559 g/mol. The van der Waals surface area contributed by atoms with Crippen molar-refractivity contribution in [2.75, 3.05) is 0 Å². The van der Waals surface area contributed by atoms with Crippen molar-refractivity contribution in [3.8, 4) is 11.5 Å². The molecule has 0 atom stereocenters. The van der Waals surface area contributed by atoms with Crippen LogP contribution in [-0.4, -0.2) is 32.4 Å². The van der Waals surface area contributed by atoms with Crippen LogP contribution in [0.1, 0.15) is 73.9 Å². The molecule has 39 heavy (non-hydrogen) atoms. The van der Waals surface area contributed by atoms with Crippen LogP contribution >= 0.6 is 11.8 Å². The van der Waals surface area contributed by atoms with Crippen molar-refractivity contribution in [2.45, 2.75) is 80.1 Å². The summed E-state index contributed by atoms with van der Waals surface area (Å²) in [6.07, 6.45) is 2.92. The first kappa shape index (κ1) is 35.8. The lowest BCUT2D eigenvalue weighted by Crippen LogP contribution is -2.01. The number of carbonyl (C=O) groups is 2. The summed E-state index contributed by atoms with van der Waals surface area (Å²) in [5.41, 5.74) is 5.45. The van der Waals surface area contributed by atoms with Crippen molar-refractivity contribution in [2.24, 2.45) is 11.8 Å². The highest BCUT2D eigenvalue weighted by atomic mass is 32.2. The van der Waals surface area contributed by atoms with Gasteiger partial charge in [-0.3, -0.25) is 9.59 Å². The van der Waals surface area contributed by atoms with Crippen LogP contribution in [0.5, 0.6) is 11.5 Å². The van der Waals surface area contributed by atoms with Crippen molar-refractivity contribution in [3.63, 3.8) is 0 Å². The minimum absolute atomic E-state index is 0.130. The van der Waals surface area contributed by atoms with Gasteiger partial charge in [-0.05, 0) is 95.6 Å². The van der Waals surface area contributed by atoms with E-state index in [2.05, 4.69) is 40.9 Å². The van der Waals surface area contributed by atoms with Gasteiger partial charge in [0.1, 0.15) is 11.5 Å². The standard InChI is InChI=1S/2C14H20O3.C4H6S/c2*1-9(2)6-12-8-11(4-5-13(15)16)7-10(3)14(12)17;1-3-5-4-2/h2*7-9,17H,4-6H2,1-3H3,(H,15,16);3-4H,1-2H2. The number of phenolic OH excluding ortho intramolecular Hbond substituents is 2. The number of aryl methyl sites for hydroxylation is 4. The van der Waals surface area contributed by atoms with Gasteiger partial charge >= 0.3 is 11.9 Å². The molecule has 6 nitrogen and oxygen atoms in total. The van der Waals surface area contributed by atoms with Gasteiger partial charge in [-0.1, -0.05) is 65.1 Å². The van der Waals surface area contributed by atoms with Crippen molar-refractivity contribution in [1.29, 1.82) is 0 Å².